The summed E-state index contributed by atoms with van der Waals surface area (Å²) in [5, 5.41) is 8.57. The molecule has 1 aromatic heterocycles. The molecule has 0 bridgehead atoms. The van der Waals surface area contributed by atoms with Crippen molar-refractivity contribution in [3.8, 4) is 5.75 Å². The van der Waals surface area contributed by atoms with Crippen molar-refractivity contribution >= 4 is 10.9 Å². The number of ether oxygens (including phenoxy) is 1. The van der Waals surface area contributed by atoms with Crippen molar-refractivity contribution in [1.82, 2.24) is 15.1 Å². The largest absolute Gasteiger partial charge is 0.489 e. The quantitative estimate of drug-likeness (QED) is 0.704. The van der Waals surface area contributed by atoms with E-state index in [-0.39, 0.29) is 0 Å². The Balaban J connectivity index is 1.75. The number of H-pyrrole nitrogens is 1. The number of rotatable bonds is 7. The first kappa shape index (κ1) is 15.5. The van der Waals surface area contributed by atoms with Crippen molar-refractivity contribution in [2.24, 2.45) is 5.73 Å². The molecule has 0 radical (unpaired) electrons. The average Bonchev–Trinajstić information content (AvgIpc) is 2.96. The Morgan fingerprint density at radius 2 is 2.00 bits per heavy atom. The molecule has 0 saturated heterocycles. The van der Waals surface area contributed by atoms with E-state index in [0.29, 0.717) is 13.2 Å². The maximum Gasteiger partial charge on any atom is 0.120 e. The molecule has 0 aliphatic rings. The first-order valence-corrected chi connectivity index (χ1v) is 7.78. The molecule has 0 aliphatic heterocycles. The predicted octanol–water partition coefficient (Wildman–Crippen LogP) is 2.53. The molecule has 2 aromatic carbocycles. The molecule has 3 N–H and O–H groups in total. The number of fused-ring (bicyclic) bond motifs is 1. The van der Waals surface area contributed by atoms with Gasteiger partial charge in [-0.2, -0.15) is 5.10 Å². The highest BCUT2D eigenvalue weighted by atomic mass is 16.5. The molecule has 0 aliphatic carbocycles. The van der Waals surface area contributed by atoms with Crippen LogP contribution in [0.3, 0.4) is 0 Å². The van der Waals surface area contributed by atoms with Crippen molar-refractivity contribution in [1.29, 1.82) is 0 Å². The highest BCUT2D eigenvalue weighted by Crippen LogP contribution is 2.23. The Morgan fingerprint density at radius 3 is 2.78 bits per heavy atom. The Hall–Kier alpha value is -2.37. The Morgan fingerprint density at radius 1 is 1.17 bits per heavy atom. The monoisotopic (exact) mass is 310 g/mol. The summed E-state index contributed by atoms with van der Waals surface area (Å²) in [5.74, 6) is 0.852. The third-order valence-corrected chi connectivity index (χ3v) is 3.79. The van der Waals surface area contributed by atoms with E-state index in [1.54, 1.807) is 0 Å². The van der Waals surface area contributed by atoms with Gasteiger partial charge in [-0.15, -0.1) is 0 Å². The molecule has 0 atom stereocenters. The molecule has 0 fully saturated rings. The minimum atomic E-state index is 0.562. The van der Waals surface area contributed by atoms with Crippen molar-refractivity contribution in [2.45, 2.75) is 13.2 Å². The maximum atomic E-state index is 5.90. The van der Waals surface area contributed by atoms with Gasteiger partial charge in [0.25, 0.3) is 0 Å². The molecular formula is C18H22N4O. The van der Waals surface area contributed by atoms with Gasteiger partial charge in [0.1, 0.15) is 12.4 Å². The number of nitrogens with zero attached hydrogens (tertiary/aromatic N) is 2. The number of likely N-dealkylation sites (N-methyl/N-ethyl adjacent to an activating group) is 1. The summed E-state index contributed by atoms with van der Waals surface area (Å²) < 4.78 is 5.90. The van der Waals surface area contributed by atoms with Crippen LogP contribution in [0.15, 0.2) is 48.5 Å². The van der Waals surface area contributed by atoms with Crippen molar-refractivity contribution in [3.63, 3.8) is 0 Å². The summed E-state index contributed by atoms with van der Waals surface area (Å²) in [7, 11) is 2.05. The normalized spacial score (nSPS) is 11.3. The van der Waals surface area contributed by atoms with Crippen molar-refractivity contribution in [3.05, 3.63) is 59.8 Å². The molecular weight excluding hydrogens is 288 g/mol. The number of hydrogen-bond donors (Lipinski definition) is 2. The summed E-state index contributed by atoms with van der Waals surface area (Å²) in [4.78, 5) is 2.17. The van der Waals surface area contributed by atoms with Crippen molar-refractivity contribution < 1.29 is 4.74 Å². The van der Waals surface area contributed by atoms with Crippen LogP contribution in [-0.2, 0) is 13.2 Å². The Kier molecular flexibility index (Phi) is 4.90. The minimum absolute atomic E-state index is 0.562. The van der Waals surface area contributed by atoms with Gasteiger partial charge in [-0.1, -0.05) is 30.3 Å². The molecule has 0 spiro atoms. The van der Waals surface area contributed by atoms with Crippen LogP contribution in [0.4, 0.5) is 0 Å². The summed E-state index contributed by atoms with van der Waals surface area (Å²) in [5.41, 5.74) is 8.79. The van der Waals surface area contributed by atoms with Gasteiger partial charge in [0, 0.05) is 25.0 Å². The molecule has 23 heavy (non-hydrogen) atoms. The van der Waals surface area contributed by atoms with Crippen molar-refractivity contribution in [2.75, 3.05) is 20.1 Å². The Labute approximate surface area is 136 Å². The predicted molar refractivity (Wildman–Crippen MR) is 92.3 cm³/mol. The van der Waals surface area contributed by atoms with E-state index in [9.17, 15) is 0 Å². The van der Waals surface area contributed by atoms with Crippen LogP contribution in [0.2, 0.25) is 0 Å². The van der Waals surface area contributed by atoms with E-state index < -0.39 is 0 Å². The smallest absolute Gasteiger partial charge is 0.120 e. The first-order valence-electron chi connectivity index (χ1n) is 7.78. The maximum absolute atomic E-state index is 5.90. The SMILES string of the molecule is CN(CCN)Cc1[nH]nc2ccc(OCc3ccccc3)cc12. The van der Waals surface area contributed by atoms with Crippen LogP contribution in [-0.4, -0.2) is 35.2 Å². The summed E-state index contributed by atoms with van der Waals surface area (Å²) in [6.45, 7) is 2.85. The van der Waals surface area contributed by atoms with Gasteiger partial charge in [0.15, 0.2) is 0 Å². The van der Waals surface area contributed by atoms with E-state index in [1.165, 1.54) is 0 Å². The summed E-state index contributed by atoms with van der Waals surface area (Å²) >= 11 is 0. The van der Waals surface area contributed by atoms with Crippen LogP contribution in [0, 0.1) is 0 Å². The molecule has 0 unspecified atom stereocenters. The highest BCUT2D eigenvalue weighted by molar-refractivity contribution is 5.82. The van der Waals surface area contributed by atoms with E-state index in [1.807, 2.05) is 36.4 Å². The van der Waals surface area contributed by atoms with E-state index in [4.69, 9.17) is 10.5 Å². The van der Waals surface area contributed by atoms with Gasteiger partial charge in [-0.05, 0) is 30.8 Å². The minimum Gasteiger partial charge on any atom is -0.489 e. The molecule has 1 heterocycles. The fourth-order valence-electron chi connectivity index (χ4n) is 2.56. The second kappa shape index (κ2) is 7.26. The highest BCUT2D eigenvalue weighted by Gasteiger charge is 2.09. The molecule has 5 heteroatoms. The summed E-state index contributed by atoms with van der Waals surface area (Å²) in [6, 6.07) is 16.1. The lowest BCUT2D eigenvalue weighted by atomic mass is 10.2. The fourth-order valence-corrected chi connectivity index (χ4v) is 2.56. The lowest BCUT2D eigenvalue weighted by Crippen LogP contribution is -2.25. The lowest BCUT2D eigenvalue weighted by molar-refractivity contribution is 0.306. The standard InChI is InChI=1S/C18H22N4O/c1-22(10-9-19)12-18-16-11-15(7-8-17(16)20-21-18)23-13-14-5-3-2-4-6-14/h2-8,11H,9-10,12-13,19H2,1H3,(H,20,21). The molecule has 5 nitrogen and oxygen atoms in total. The van der Waals surface area contributed by atoms with E-state index >= 15 is 0 Å². The first-order chi connectivity index (χ1) is 11.3. The zero-order chi connectivity index (χ0) is 16.1. The van der Waals surface area contributed by atoms with E-state index in [2.05, 4.69) is 34.3 Å². The number of nitrogens with one attached hydrogen (secondary N) is 1. The van der Waals surface area contributed by atoms with Crippen LogP contribution in [0.25, 0.3) is 10.9 Å². The zero-order valence-electron chi connectivity index (χ0n) is 13.3. The lowest BCUT2D eigenvalue weighted by Gasteiger charge is -2.14. The van der Waals surface area contributed by atoms with Crippen LogP contribution in [0.1, 0.15) is 11.3 Å². The molecule has 0 saturated carbocycles. The number of aromatic nitrogens is 2. The van der Waals surface area contributed by atoms with Gasteiger partial charge < -0.3 is 10.5 Å². The zero-order valence-corrected chi connectivity index (χ0v) is 13.3. The third-order valence-electron chi connectivity index (χ3n) is 3.79. The molecule has 3 aromatic rings. The average molecular weight is 310 g/mol. The number of aromatic amines is 1. The topological polar surface area (TPSA) is 67.2 Å². The van der Waals surface area contributed by atoms with Gasteiger partial charge in [-0.3, -0.25) is 10.00 Å². The second-order valence-electron chi connectivity index (χ2n) is 5.68. The third kappa shape index (κ3) is 3.88. The van der Waals surface area contributed by atoms with E-state index in [0.717, 1.165) is 41.0 Å². The van der Waals surface area contributed by atoms with Crippen LogP contribution < -0.4 is 10.5 Å². The Bertz CT molecular complexity index is 754. The van der Waals surface area contributed by atoms with Gasteiger partial charge >= 0.3 is 0 Å². The van der Waals surface area contributed by atoms with Gasteiger partial charge in [0.05, 0.1) is 11.2 Å². The van der Waals surface area contributed by atoms with Gasteiger partial charge in [0.2, 0.25) is 0 Å². The van der Waals surface area contributed by atoms with Gasteiger partial charge in [-0.25, -0.2) is 0 Å². The molecule has 3 rings (SSSR count). The number of nitrogens with two attached hydrogens (primary N) is 1. The number of hydrogen-bond acceptors (Lipinski definition) is 4. The molecule has 120 valence electrons. The molecule has 0 amide bonds. The summed E-state index contributed by atoms with van der Waals surface area (Å²) in [6.07, 6.45) is 0. The fraction of sp³-hybridized carbons (Fsp3) is 0.278. The van der Waals surface area contributed by atoms with Crippen LogP contribution in [0.5, 0.6) is 5.75 Å². The number of benzene rings is 2. The van der Waals surface area contributed by atoms with Crippen LogP contribution >= 0.6 is 0 Å². The second-order valence-corrected chi connectivity index (χ2v) is 5.68.